The predicted molar refractivity (Wildman–Crippen MR) is 88.8 cm³/mol. The van der Waals surface area contributed by atoms with Gasteiger partial charge in [0.05, 0.1) is 11.7 Å². The fourth-order valence-electron chi connectivity index (χ4n) is 2.71. The zero-order valence-electron chi connectivity index (χ0n) is 12.6. The van der Waals surface area contributed by atoms with Crippen molar-refractivity contribution in [3.8, 4) is 10.4 Å². The molecule has 2 aromatic heterocycles. The SMILES string of the molecule is CN(C)S(=O)(=O)N1CCCC1c1ccc(-c2cccs2)cn1. The van der Waals surface area contributed by atoms with Crippen molar-refractivity contribution >= 4 is 21.5 Å². The molecule has 3 rings (SSSR count). The summed E-state index contributed by atoms with van der Waals surface area (Å²) >= 11 is 1.67. The first-order chi connectivity index (χ1) is 10.5. The van der Waals surface area contributed by atoms with Crippen molar-refractivity contribution in [2.45, 2.75) is 18.9 Å². The molecule has 2 aromatic rings. The third-order valence-corrected chi connectivity index (χ3v) is 6.77. The second-order valence-electron chi connectivity index (χ2n) is 5.51. The van der Waals surface area contributed by atoms with Crippen LogP contribution in [-0.4, -0.2) is 42.7 Å². The lowest BCUT2D eigenvalue weighted by atomic mass is 10.1. The molecule has 1 aliphatic rings. The van der Waals surface area contributed by atoms with Gasteiger partial charge in [-0.3, -0.25) is 4.98 Å². The molecular formula is C15H19N3O2S2. The Morgan fingerprint density at radius 1 is 1.32 bits per heavy atom. The average Bonchev–Trinajstić information content (AvgIpc) is 3.19. The molecule has 1 unspecified atom stereocenters. The maximum Gasteiger partial charge on any atom is 0.282 e. The van der Waals surface area contributed by atoms with Crippen LogP contribution in [0, 0.1) is 0 Å². The van der Waals surface area contributed by atoms with Crippen LogP contribution in [-0.2, 0) is 10.2 Å². The highest BCUT2D eigenvalue weighted by molar-refractivity contribution is 7.86. The molecule has 0 amide bonds. The maximum absolute atomic E-state index is 12.4. The quantitative estimate of drug-likeness (QED) is 0.862. The summed E-state index contributed by atoms with van der Waals surface area (Å²) in [5.41, 5.74) is 1.89. The van der Waals surface area contributed by atoms with E-state index in [1.165, 1.54) is 9.18 Å². The molecule has 5 nitrogen and oxygen atoms in total. The third-order valence-electron chi connectivity index (χ3n) is 3.89. The molecule has 0 radical (unpaired) electrons. The molecule has 1 atom stereocenters. The van der Waals surface area contributed by atoms with Crippen LogP contribution in [0.3, 0.4) is 0 Å². The van der Waals surface area contributed by atoms with E-state index in [-0.39, 0.29) is 6.04 Å². The number of rotatable bonds is 4. The Morgan fingerprint density at radius 3 is 2.73 bits per heavy atom. The van der Waals surface area contributed by atoms with Gasteiger partial charge in [-0.1, -0.05) is 12.1 Å². The Kier molecular flexibility index (Phi) is 4.31. The number of hydrogen-bond acceptors (Lipinski definition) is 4. The first-order valence-corrected chi connectivity index (χ1v) is 9.47. The number of pyridine rings is 1. The van der Waals surface area contributed by atoms with Gasteiger partial charge < -0.3 is 0 Å². The van der Waals surface area contributed by atoms with Crippen molar-refractivity contribution in [3.05, 3.63) is 41.5 Å². The summed E-state index contributed by atoms with van der Waals surface area (Å²) in [6.45, 7) is 0.555. The highest BCUT2D eigenvalue weighted by Crippen LogP contribution is 2.34. The Morgan fingerprint density at radius 2 is 2.14 bits per heavy atom. The monoisotopic (exact) mass is 337 g/mol. The van der Waals surface area contributed by atoms with Gasteiger partial charge in [-0.25, -0.2) is 0 Å². The summed E-state index contributed by atoms with van der Waals surface area (Å²) in [4.78, 5) is 5.69. The smallest absolute Gasteiger partial charge is 0.259 e. The number of aromatic nitrogens is 1. The Bertz CT molecular complexity index is 725. The lowest BCUT2D eigenvalue weighted by Crippen LogP contribution is -2.39. The van der Waals surface area contributed by atoms with E-state index in [4.69, 9.17) is 0 Å². The normalized spacial score (nSPS) is 19.9. The number of hydrogen-bond donors (Lipinski definition) is 0. The van der Waals surface area contributed by atoms with E-state index in [2.05, 4.69) is 11.1 Å². The van der Waals surface area contributed by atoms with Crippen molar-refractivity contribution in [3.63, 3.8) is 0 Å². The van der Waals surface area contributed by atoms with Gasteiger partial charge in [0.15, 0.2) is 0 Å². The second-order valence-corrected chi connectivity index (χ2v) is 8.55. The Balaban J connectivity index is 1.87. The molecule has 7 heteroatoms. The fraction of sp³-hybridized carbons (Fsp3) is 0.400. The molecule has 0 aromatic carbocycles. The van der Waals surface area contributed by atoms with Gasteiger partial charge in [0.1, 0.15) is 0 Å². The molecule has 0 spiro atoms. The van der Waals surface area contributed by atoms with Crippen LogP contribution in [0.1, 0.15) is 24.6 Å². The molecule has 1 aliphatic heterocycles. The van der Waals surface area contributed by atoms with Gasteiger partial charge >= 0.3 is 0 Å². The van der Waals surface area contributed by atoms with E-state index < -0.39 is 10.2 Å². The summed E-state index contributed by atoms with van der Waals surface area (Å²) < 4.78 is 27.6. The minimum Gasteiger partial charge on any atom is -0.259 e. The molecule has 118 valence electrons. The average molecular weight is 337 g/mol. The number of nitrogens with zero attached hydrogens (tertiary/aromatic N) is 3. The van der Waals surface area contributed by atoms with E-state index in [1.54, 1.807) is 29.7 Å². The summed E-state index contributed by atoms with van der Waals surface area (Å²) in [5, 5.41) is 2.03. The summed E-state index contributed by atoms with van der Waals surface area (Å²) in [6, 6.07) is 7.87. The Hall–Kier alpha value is -1.28. The van der Waals surface area contributed by atoms with Crippen LogP contribution in [0.25, 0.3) is 10.4 Å². The first-order valence-electron chi connectivity index (χ1n) is 7.19. The van der Waals surface area contributed by atoms with Gasteiger partial charge in [-0.15, -0.1) is 11.3 Å². The van der Waals surface area contributed by atoms with E-state index in [0.29, 0.717) is 6.54 Å². The van der Waals surface area contributed by atoms with Crippen LogP contribution in [0.15, 0.2) is 35.8 Å². The standard InChI is InChI=1S/C15H19N3O2S2/c1-17(2)22(19,20)18-9-3-5-14(18)13-8-7-12(11-16-13)15-6-4-10-21-15/h4,6-8,10-11,14H,3,5,9H2,1-2H3. The van der Waals surface area contributed by atoms with Gasteiger partial charge in [0, 0.05) is 37.3 Å². The maximum atomic E-state index is 12.4. The summed E-state index contributed by atoms with van der Waals surface area (Å²) in [5.74, 6) is 0. The zero-order valence-corrected chi connectivity index (χ0v) is 14.3. The summed E-state index contributed by atoms with van der Waals surface area (Å²) in [7, 11) is -0.264. The molecule has 0 N–H and O–H groups in total. The molecule has 1 saturated heterocycles. The first kappa shape index (κ1) is 15.6. The molecule has 1 fully saturated rings. The van der Waals surface area contributed by atoms with E-state index >= 15 is 0 Å². The van der Waals surface area contributed by atoms with Crippen molar-refractivity contribution in [1.29, 1.82) is 0 Å². The molecular weight excluding hydrogens is 318 g/mol. The Labute approximate surface area is 135 Å². The topological polar surface area (TPSA) is 53.5 Å². The second kappa shape index (κ2) is 6.08. The van der Waals surface area contributed by atoms with E-state index in [1.807, 2.05) is 29.8 Å². The highest BCUT2D eigenvalue weighted by Gasteiger charge is 2.37. The lowest BCUT2D eigenvalue weighted by Gasteiger charge is -2.26. The molecule has 3 heterocycles. The molecule has 0 aliphatic carbocycles. The van der Waals surface area contributed by atoms with E-state index in [9.17, 15) is 8.42 Å². The van der Waals surface area contributed by atoms with Crippen LogP contribution in [0.2, 0.25) is 0 Å². The third kappa shape index (κ3) is 2.81. The minimum absolute atomic E-state index is 0.162. The van der Waals surface area contributed by atoms with Gasteiger partial charge in [-0.2, -0.15) is 17.0 Å². The van der Waals surface area contributed by atoms with Gasteiger partial charge in [-0.05, 0) is 30.4 Å². The zero-order chi connectivity index (χ0) is 15.7. The largest absolute Gasteiger partial charge is 0.282 e. The van der Waals surface area contributed by atoms with Crippen molar-refractivity contribution < 1.29 is 8.42 Å². The van der Waals surface area contributed by atoms with E-state index in [0.717, 1.165) is 24.1 Å². The molecule has 22 heavy (non-hydrogen) atoms. The van der Waals surface area contributed by atoms with Gasteiger partial charge in [0.2, 0.25) is 0 Å². The van der Waals surface area contributed by atoms with Crippen LogP contribution in [0.5, 0.6) is 0 Å². The predicted octanol–water partition coefficient (Wildman–Crippen LogP) is 2.75. The van der Waals surface area contributed by atoms with Gasteiger partial charge in [0.25, 0.3) is 10.2 Å². The molecule has 0 bridgehead atoms. The van der Waals surface area contributed by atoms with Crippen molar-refractivity contribution in [2.75, 3.05) is 20.6 Å². The fourth-order valence-corrected chi connectivity index (χ4v) is 4.74. The number of thiophene rings is 1. The minimum atomic E-state index is -3.40. The summed E-state index contributed by atoms with van der Waals surface area (Å²) in [6.07, 6.45) is 3.52. The van der Waals surface area contributed by atoms with Crippen molar-refractivity contribution in [1.82, 2.24) is 13.6 Å². The van der Waals surface area contributed by atoms with Crippen LogP contribution >= 0.6 is 11.3 Å². The van der Waals surface area contributed by atoms with Crippen molar-refractivity contribution in [2.24, 2.45) is 0 Å². The molecule has 0 saturated carbocycles. The lowest BCUT2D eigenvalue weighted by molar-refractivity contribution is 0.358. The van der Waals surface area contributed by atoms with Crippen LogP contribution < -0.4 is 0 Å². The highest BCUT2D eigenvalue weighted by atomic mass is 32.2. The van der Waals surface area contributed by atoms with Crippen LogP contribution in [0.4, 0.5) is 0 Å².